The summed E-state index contributed by atoms with van der Waals surface area (Å²) in [5, 5.41) is 7.86. The lowest BCUT2D eigenvalue weighted by molar-refractivity contribution is -0.132. The van der Waals surface area contributed by atoms with Crippen molar-refractivity contribution in [3.63, 3.8) is 0 Å². The number of carbonyl (C=O) groups is 1. The molecule has 1 aliphatic rings. The van der Waals surface area contributed by atoms with Gasteiger partial charge >= 0.3 is 0 Å². The van der Waals surface area contributed by atoms with Gasteiger partial charge in [-0.1, -0.05) is 11.6 Å². The maximum Gasteiger partial charge on any atom is 0.297 e. The molecule has 0 aliphatic carbocycles. The number of halogens is 3. The second-order valence-corrected chi connectivity index (χ2v) is 9.12. The van der Waals surface area contributed by atoms with Gasteiger partial charge in [-0.3, -0.25) is 4.79 Å². The van der Waals surface area contributed by atoms with Crippen LogP contribution in [0.4, 0.5) is 14.6 Å². The van der Waals surface area contributed by atoms with Crippen LogP contribution in [-0.2, 0) is 18.3 Å². The molecule has 0 unspecified atom stereocenters. The lowest BCUT2D eigenvalue weighted by atomic mass is 10.0. The molecule has 1 atom stereocenters. The molecule has 4 rings (SSSR count). The first kappa shape index (κ1) is 25.7. The third kappa shape index (κ3) is 5.25. The summed E-state index contributed by atoms with van der Waals surface area (Å²) < 4.78 is 32.7. The van der Waals surface area contributed by atoms with Gasteiger partial charge in [-0.25, -0.2) is 28.4 Å². The van der Waals surface area contributed by atoms with Crippen LogP contribution < -0.4 is 10.1 Å². The van der Waals surface area contributed by atoms with Crippen molar-refractivity contribution in [1.82, 2.24) is 29.6 Å². The van der Waals surface area contributed by atoms with Crippen LogP contribution in [0, 0.1) is 6.92 Å². The average molecular weight is 520 g/mol. The highest BCUT2D eigenvalue weighted by Crippen LogP contribution is 2.30. The Balaban J connectivity index is 1.57. The van der Waals surface area contributed by atoms with Crippen LogP contribution in [-0.4, -0.2) is 55.9 Å². The fourth-order valence-electron chi connectivity index (χ4n) is 4.26. The van der Waals surface area contributed by atoms with E-state index in [2.05, 4.69) is 25.4 Å². The lowest BCUT2D eigenvalue weighted by Crippen LogP contribution is -2.38. The molecule has 192 valence electrons. The van der Waals surface area contributed by atoms with Crippen molar-refractivity contribution in [2.75, 3.05) is 25.6 Å². The van der Waals surface area contributed by atoms with E-state index >= 15 is 0 Å². The van der Waals surface area contributed by atoms with Gasteiger partial charge in [0.1, 0.15) is 5.82 Å². The van der Waals surface area contributed by atoms with E-state index in [-0.39, 0.29) is 24.2 Å². The van der Waals surface area contributed by atoms with Gasteiger partial charge in [-0.15, -0.1) is 0 Å². The van der Waals surface area contributed by atoms with Crippen LogP contribution >= 0.6 is 11.6 Å². The number of nitrogens with one attached hydrogen (secondary N) is 1. The van der Waals surface area contributed by atoms with Crippen molar-refractivity contribution in [2.45, 2.75) is 45.5 Å². The number of carbonyl (C=O) groups excluding carboxylic acids is 1. The quantitative estimate of drug-likeness (QED) is 0.529. The van der Waals surface area contributed by atoms with Crippen molar-refractivity contribution in [2.24, 2.45) is 7.05 Å². The molecule has 1 aliphatic heterocycles. The molecule has 1 amide bonds. The second-order valence-electron chi connectivity index (χ2n) is 8.71. The summed E-state index contributed by atoms with van der Waals surface area (Å²) in [5.41, 5.74) is 2.79. The Morgan fingerprint density at radius 3 is 2.72 bits per heavy atom. The highest BCUT2D eigenvalue weighted by Gasteiger charge is 2.26. The fraction of sp³-hybridized carbons (Fsp3) is 0.458. The number of ether oxygens (including phenoxy) is 1. The zero-order valence-electron chi connectivity index (χ0n) is 20.6. The molecule has 3 aromatic heterocycles. The van der Waals surface area contributed by atoms with Gasteiger partial charge in [0.15, 0.2) is 11.6 Å². The largest absolute Gasteiger partial charge is 0.481 e. The molecule has 12 heteroatoms. The Morgan fingerprint density at radius 2 is 2.03 bits per heavy atom. The summed E-state index contributed by atoms with van der Waals surface area (Å²) in [6.07, 6.45) is 1.08. The summed E-state index contributed by atoms with van der Waals surface area (Å²) in [4.78, 5) is 27.9. The topological polar surface area (TPSA) is 98.1 Å². The molecule has 4 heterocycles. The molecule has 0 radical (unpaired) electrons. The van der Waals surface area contributed by atoms with Crippen LogP contribution in [0.3, 0.4) is 0 Å². The number of amides is 1. The van der Waals surface area contributed by atoms with E-state index < -0.39 is 12.3 Å². The van der Waals surface area contributed by atoms with Gasteiger partial charge in [0.05, 0.1) is 30.4 Å². The van der Waals surface area contributed by atoms with E-state index in [4.69, 9.17) is 16.3 Å². The van der Waals surface area contributed by atoms with Gasteiger partial charge in [-0.05, 0) is 50.3 Å². The lowest BCUT2D eigenvalue weighted by Gasteiger charge is -2.26. The maximum absolute atomic E-state index is 13.4. The normalized spacial score (nSPS) is 14.9. The van der Waals surface area contributed by atoms with Gasteiger partial charge in [0.2, 0.25) is 11.8 Å². The van der Waals surface area contributed by atoms with E-state index in [1.807, 2.05) is 13.0 Å². The van der Waals surface area contributed by atoms with Crippen LogP contribution in [0.25, 0.3) is 11.4 Å². The molecule has 0 saturated heterocycles. The van der Waals surface area contributed by atoms with E-state index in [9.17, 15) is 13.6 Å². The van der Waals surface area contributed by atoms with E-state index in [0.717, 1.165) is 23.1 Å². The fourth-order valence-corrected chi connectivity index (χ4v) is 4.52. The molecule has 9 nitrogen and oxygen atoms in total. The molecule has 3 aromatic rings. The van der Waals surface area contributed by atoms with Crippen molar-refractivity contribution in [3.05, 3.63) is 46.0 Å². The SMILES string of the molecule is COc1cc([C@@H](C)C(=O)N2CCCCc3cc(-c4nc(C(F)F)n(C)n4)c(C)nc3NC2)c(Cl)cn1. The van der Waals surface area contributed by atoms with Gasteiger partial charge in [-0.2, -0.15) is 5.10 Å². The van der Waals surface area contributed by atoms with Crippen LogP contribution in [0.5, 0.6) is 5.88 Å². The minimum atomic E-state index is -2.71. The maximum atomic E-state index is 13.4. The third-order valence-electron chi connectivity index (χ3n) is 6.30. The molecule has 0 fully saturated rings. The highest BCUT2D eigenvalue weighted by molar-refractivity contribution is 6.31. The first-order chi connectivity index (χ1) is 17.2. The number of alkyl halides is 2. The minimum absolute atomic E-state index is 0.0772. The smallest absolute Gasteiger partial charge is 0.297 e. The van der Waals surface area contributed by atoms with Crippen molar-refractivity contribution in [3.8, 4) is 17.3 Å². The van der Waals surface area contributed by atoms with E-state index in [1.54, 1.807) is 17.9 Å². The Hall–Kier alpha value is -3.34. The minimum Gasteiger partial charge on any atom is -0.481 e. The predicted molar refractivity (Wildman–Crippen MR) is 131 cm³/mol. The molecule has 0 saturated carbocycles. The predicted octanol–water partition coefficient (Wildman–Crippen LogP) is 4.52. The number of fused-ring (bicyclic) bond motifs is 1. The summed E-state index contributed by atoms with van der Waals surface area (Å²) in [6, 6.07) is 3.58. The van der Waals surface area contributed by atoms with Crippen molar-refractivity contribution < 1.29 is 18.3 Å². The van der Waals surface area contributed by atoms with Crippen LogP contribution in [0.15, 0.2) is 18.3 Å². The van der Waals surface area contributed by atoms with Gasteiger partial charge in [0.25, 0.3) is 6.43 Å². The number of aromatic nitrogens is 5. The van der Waals surface area contributed by atoms with Crippen molar-refractivity contribution in [1.29, 1.82) is 0 Å². The first-order valence-corrected chi connectivity index (χ1v) is 12.0. The Morgan fingerprint density at radius 1 is 1.25 bits per heavy atom. The summed E-state index contributed by atoms with van der Waals surface area (Å²) in [6.45, 7) is 4.42. The second kappa shape index (κ2) is 10.7. The Bertz CT molecular complexity index is 1270. The molecule has 0 spiro atoms. The highest BCUT2D eigenvalue weighted by atomic mass is 35.5. The number of nitrogens with zero attached hydrogens (tertiary/aromatic N) is 6. The Kier molecular flexibility index (Phi) is 7.67. The number of methoxy groups -OCH3 is 1. The van der Waals surface area contributed by atoms with Gasteiger partial charge < -0.3 is 15.0 Å². The molecule has 36 heavy (non-hydrogen) atoms. The molecular formula is C24H28ClF2N7O2. The average Bonchev–Trinajstić information content (AvgIpc) is 3.28. The number of hydrogen-bond acceptors (Lipinski definition) is 7. The van der Waals surface area contributed by atoms with Gasteiger partial charge in [0, 0.05) is 31.4 Å². The Labute approximate surface area is 212 Å². The van der Waals surface area contributed by atoms with Crippen LogP contribution in [0.1, 0.15) is 54.8 Å². The third-order valence-corrected chi connectivity index (χ3v) is 6.62. The standard InChI is InChI=1S/C24H28ClF2N7O2/c1-13(16-10-19(36-4)28-11-18(16)25)24(35)34-8-6-5-7-15-9-17(14(2)30-21(15)29-12-34)22-31-23(20(26)27)33(3)32-22/h9-11,13,20H,5-8,12H2,1-4H3,(H,29,30)/t13-/m1/s1. The number of aryl methyl sites for hydroxylation is 3. The molecule has 0 bridgehead atoms. The molecular weight excluding hydrogens is 492 g/mol. The summed E-state index contributed by atoms with van der Waals surface area (Å²) >= 11 is 6.33. The number of hydrogen-bond donors (Lipinski definition) is 1. The first-order valence-electron chi connectivity index (χ1n) is 11.6. The monoisotopic (exact) mass is 519 g/mol. The van der Waals surface area contributed by atoms with E-state index in [0.29, 0.717) is 46.5 Å². The number of anilines is 1. The molecule has 1 N–H and O–H groups in total. The van der Waals surface area contributed by atoms with Crippen LogP contribution in [0.2, 0.25) is 5.02 Å². The van der Waals surface area contributed by atoms with E-state index in [1.165, 1.54) is 20.4 Å². The number of rotatable bonds is 5. The molecule has 0 aromatic carbocycles. The number of pyridine rings is 2. The zero-order chi connectivity index (χ0) is 26.0. The summed E-state index contributed by atoms with van der Waals surface area (Å²) in [5.74, 6) is 0.303. The van der Waals surface area contributed by atoms with Crippen molar-refractivity contribution >= 4 is 23.3 Å². The summed E-state index contributed by atoms with van der Waals surface area (Å²) in [7, 11) is 2.96. The zero-order valence-corrected chi connectivity index (χ0v) is 21.3.